The van der Waals surface area contributed by atoms with Crippen molar-refractivity contribution in [2.75, 3.05) is 13.2 Å². The summed E-state index contributed by atoms with van der Waals surface area (Å²) in [5, 5.41) is 8.06. The molecule has 1 atom stereocenters. The zero-order chi connectivity index (χ0) is 25.8. The number of halogens is 1. The second kappa shape index (κ2) is 10.5. The number of hydrogen-bond donors (Lipinski definition) is 2. The van der Waals surface area contributed by atoms with Crippen molar-refractivity contribution >= 4 is 23.4 Å². The molecule has 2 aromatic heterocycles. The van der Waals surface area contributed by atoms with Crippen molar-refractivity contribution in [2.45, 2.75) is 18.2 Å². The van der Waals surface area contributed by atoms with Crippen LogP contribution in [0.3, 0.4) is 0 Å². The predicted molar refractivity (Wildman–Crippen MR) is 137 cm³/mol. The van der Waals surface area contributed by atoms with Gasteiger partial charge in [-0.1, -0.05) is 60.1 Å². The average Bonchev–Trinajstić information content (AvgIpc) is 3.60. The molecule has 10 heteroatoms. The number of pyridine rings is 1. The van der Waals surface area contributed by atoms with Crippen molar-refractivity contribution in [1.82, 2.24) is 20.1 Å². The van der Waals surface area contributed by atoms with Crippen LogP contribution in [0.1, 0.15) is 15.9 Å². The monoisotopic (exact) mass is 517 g/mol. The Bertz CT molecular complexity index is 1420. The lowest BCUT2D eigenvalue weighted by Crippen LogP contribution is -2.61. The first-order chi connectivity index (χ1) is 18.0. The summed E-state index contributed by atoms with van der Waals surface area (Å²) in [6, 6.07) is 20.9. The van der Waals surface area contributed by atoms with Gasteiger partial charge in [-0.3, -0.25) is 9.59 Å². The molecule has 0 bridgehead atoms. The SMILES string of the molecule is NC(=O)C1(C(Cc2ccccc2)NC(=O)c2cccnc2-n2ccc(-c3ccccc3Cl)n2)OCCO1. The van der Waals surface area contributed by atoms with Crippen LogP contribution in [0.4, 0.5) is 0 Å². The van der Waals surface area contributed by atoms with E-state index < -0.39 is 23.6 Å². The van der Waals surface area contributed by atoms with Crippen molar-refractivity contribution < 1.29 is 19.1 Å². The standard InChI is InChI=1S/C27H24ClN5O4/c28-21-11-5-4-9-19(21)22-12-14-33(32-22)24-20(10-6-13-30-24)25(34)31-23(17-18-7-2-1-3-8-18)27(26(29)35)36-15-16-37-27/h1-14,23H,15-17H2,(H2,29,35)(H,31,34). The highest BCUT2D eigenvalue weighted by Crippen LogP contribution is 2.28. The van der Waals surface area contributed by atoms with Gasteiger partial charge in [0.05, 0.1) is 35.5 Å². The van der Waals surface area contributed by atoms with Gasteiger partial charge in [0, 0.05) is 18.0 Å². The average molecular weight is 518 g/mol. The number of carbonyl (C=O) groups is 2. The maximum Gasteiger partial charge on any atom is 0.280 e. The zero-order valence-electron chi connectivity index (χ0n) is 19.7. The van der Waals surface area contributed by atoms with E-state index in [1.54, 1.807) is 36.7 Å². The van der Waals surface area contributed by atoms with Crippen molar-refractivity contribution in [1.29, 1.82) is 0 Å². The van der Waals surface area contributed by atoms with E-state index in [1.165, 1.54) is 4.68 Å². The molecule has 9 nitrogen and oxygen atoms in total. The quantitative estimate of drug-likeness (QED) is 0.370. The first-order valence-corrected chi connectivity index (χ1v) is 12.0. The van der Waals surface area contributed by atoms with E-state index >= 15 is 0 Å². The van der Waals surface area contributed by atoms with Gasteiger partial charge in [0.25, 0.3) is 17.6 Å². The topological polar surface area (TPSA) is 121 Å². The number of nitrogens with zero attached hydrogens (tertiary/aromatic N) is 3. The van der Waals surface area contributed by atoms with Gasteiger partial charge < -0.3 is 20.5 Å². The highest BCUT2D eigenvalue weighted by atomic mass is 35.5. The van der Waals surface area contributed by atoms with Crippen LogP contribution in [0.25, 0.3) is 17.1 Å². The summed E-state index contributed by atoms with van der Waals surface area (Å²) >= 11 is 6.33. The Balaban J connectivity index is 1.47. The summed E-state index contributed by atoms with van der Waals surface area (Å²) in [5.41, 5.74) is 8.21. The number of amides is 2. The van der Waals surface area contributed by atoms with Gasteiger partial charge in [-0.15, -0.1) is 0 Å². The maximum absolute atomic E-state index is 13.6. The van der Waals surface area contributed by atoms with Gasteiger partial charge in [0.1, 0.15) is 0 Å². The number of hydrogen-bond acceptors (Lipinski definition) is 6. The minimum Gasteiger partial charge on any atom is -0.365 e. The molecule has 5 rings (SSSR count). The van der Waals surface area contributed by atoms with Crippen LogP contribution in [0, 0.1) is 0 Å². The number of carbonyl (C=O) groups excluding carboxylic acids is 2. The van der Waals surface area contributed by atoms with Gasteiger partial charge in [0.2, 0.25) is 0 Å². The van der Waals surface area contributed by atoms with Gasteiger partial charge >= 0.3 is 0 Å². The lowest BCUT2D eigenvalue weighted by Gasteiger charge is -2.33. The third-order valence-corrected chi connectivity index (χ3v) is 6.42. The summed E-state index contributed by atoms with van der Waals surface area (Å²) in [5.74, 6) is -2.79. The van der Waals surface area contributed by atoms with Crippen LogP contribution in [0.2, 0.25) is 5.02 Å². The minimum absolute atomic E-state index is 0.181. The third kappa shape index (κ3) is 4.97. The Morgan fingerprint density at radius 1 is 1.03 bits per heavy atom. The van der Waals surface area contributed by atoms with Crippen molar-refractivity contribution in [3.05, 3.63) is 101 Å². The molecule has 4 aromatic rings. The second-order valence-electron chi connectivity index (χ2n) is 8.44. The van der Waals surface area contributed by atoms with Crippen LogP contribution in [-0.4, -0.2) is 51.6 Å². The number of benzene rings is 2. The van der Waals surface area contributed by atoms with Crippen LogP contribution >= 0.6 is 11.6 Å². The normalized spacial score (nSPS) is 15.3. The summed E-state index contributed by atoms with van der Waals surface area (Å²) in [7, 11) is 0. The number of aromatic nitrogens is 3. The van der Waals surface area contributed by atoms with Gasteiger partial charge in [-0.25, -0.2) is 9.67 Å². The Morgan fingerprint density at radius 3 is 2.49 bits per heavy atom. The van der Waals surface area contributed by atoms with Crippen molar-refractivity contribution in [3.8, 4) is 17.1 Å². The molecule has 1 aliphatic rings. The summed E-state index contributed by atoms with van der Waals surface area (Å²) in [6.07, 6.45) is 3.52. The lowest BCUT2D eigenvalue weighted by atomic mass is 9.97. The molecule has 3 N–H and O–H groups in total. The number of nitrogens with two attached hydrogens (primary N) is 1. The Hall–Kier alpha value is -4.05. The van der Waals surface area contributed by atoms with Crippen molar-refractivity contribution in [2.24, 2.45) is 5.73 Å². The molecule has 1 fully saturated rings. The number of primary amides is 1. The molecule has 2 amide bonds. The van der Waals surface area contributed by atoms with E-state index in [0.717, 1.165) is 11.1 Å². The van der Waals surface area contributed by atoms with Crippen LogP contribution in [-0.2, 0) is 20.7 Å². The van der Waals surface area contributed by atoms with E-state index in [1.807, 2.05) is 48.5 Å². The molecule has 0 aliphatic carbocycles. The Kier molecular flexibility index (Phi) is 7.00. The first kappa shape index (κ1) is 24.6. The molecule has 0 spiro atoms. The summed E-state index contributed by atoms with van der Waals surface area (Å²) < 4.78 is 12.9. The summed E-state index contributed by atoms with van der Waals surface area (Å²) in [4.78, 5) is 30.5. The molecule has 37 heavy (non-hydrogen) atoms. The highest BCUT2D eigenvalue weighted by molar-refractivity contribution is 6.33. The molecule has 1 unspecified atom stereocenters. The van der Waals surface area contributed by atoms with Crippen LogP contribution in [0.15, 0.2) is 85.2 Å². The number of rotatable bonds is 8. The molecule has 1 aliphatic heterocycles. The molecule has 0 saturated carbocycles. The zero-order valence-corrected chi connectivity index (χ0v) is 20.5. The minimum atomic E-state index is -1.79. The van der Waals surface area contributed by atoms with Gasteiger partial charge in [-0.2, -0.15) is 5.10 Å². The fourth-order valence-electron chi connectivity index (χ4n) is 4.32. The maximum atomic E-state index is 13.6. The van der Waals surface area contributed by atoms with E-state index in [9.17, 15) is 9.59 Å². The van der Waals surface area contributed by atoms with Gasteiger partial charge in [0.15, 0.2) is 5.82 Å². The van der Waals surface area contributed by atoms with E-state index in [4.69, 9.17) is 26.8 Å². The highest BCUT2D eigenvalue weighted by Gasteiger charge is 2.51. The lowest BCUT2D eigenvalue weighted by molar-refractivity contribution is -0.189. The molecular formula is C27H24ClN5O4. The Morgan fingerprint density at radius 2 is 1.76 bits per heavy atom. The largest absolute Gasteiger partial charge is 0.365 e. The summed E-state index contributed by atoms with van der Waals surface area (Å²) in [6.45, 7) is 0.362. The number of ether oxygens (including phenoxy) is 2. The fourth-order valence-corrected chi connectivity index (χ4v) is 4.55. The molecule has 0 radical (unpaired) electrons. The van der Waals surface area contributed by atoms with Crippen molar-refractivity contribution in [3.63, 3.8) is 0 Å². The number of nitrogens with one attached hydrogen (secondary N) is 1. The van der Waals surface area contributed by atoms with Crippen LogP contribution in [0.5, 0.6) is 0 Å². The first-order valence-electron chi connectivity index (χ1n) is 11.7. The van der Waals surface area contributed by atoms with E-state index in [2.05, 4.69) is 15.4 Å². The van der Waals surface area contributed by atoms with E-state index in [-0.39, 0.29) is 25.2 Å². The fraction of sp³-hybridized carbons (Fsp3) is 0.185. The molecule has 2 aromatic carbocycles. The molecular weight excluding hydrogens is 494 g/mol. The molecule has 3 heterocycles. The predicted octanol–water partition coefficient (Wildman–Crippen LogP) is 3.16. The van der Waals surface area contributed by atoms with E-state index in [0.29, 0.717) is 16.5 Å². The third-order valence-electron chi connectivity index (χ3n) is 6.09. The molecule has 188 valence electrons. The second-order valence-corrected chi connectivity index (χ2v) is 8.85. The van der Waals surface area contributed by atoms with Crippen LogP contribution < -0.4 is 11.1 Å². The smallest absolute Gasteiger partial charge is 0.280 e. The molecule has 1 saturated heterocycles. The van der Waals surface area contributed by atoms with Gasteiger partial charge in [-0.05, 0) is 36.2 Å². The Labute approximate surface area is 218 Å².